The van der Waals surface area contributed by atoms with Crippen LogP contribution in [0, 0.1) is 0 Å². The Morgan fingerprint density at radius 1 is 1.12 bits per heavy atom. The quantitative estimate of drug-likeness (QED) is 0.835. The van der Waals surface area contributed by atoms with Crippen LogP contribution in [0.5, 0.6) is 11.5 Å². The first-order valence-electron chi connectivity index (χ1n) is 8.17. The number of ether oxygens (including phenoxy) is 2. The molecule has 1 amide bonds. The maximum absolute atomic E-state index is 12.2. The average molecular weight is 342 g/mol. The Morgan fingerprint density at radius 3 is 2.68 bits per heavy atom. The van der Waals surface area contributed by atoms with Gasteiger partial charge in [-0.1, -0.05) is 0 Å². The minimum Gasteiger partial charge on any atom is -0.486 e. The fourth-order valence-corrected chi connectivity index (χ4v) is 2.40. The van der Waals surface area contributed by atoms with Gasteiger partial charge in [0, 0.05) is 36.7 Å². The number of carbonyl (C=O) groups is 1. The van der Waals surface area contributed by atoms with Crippen molar-refractivity contribution < 1.29 is 14.3 Å². The van der Waals surface area contributed by atoms with Crippen LogP contribution in [0.1, 0.15) is 10.5 Å². The highest BCUT2D eigenvalue weighted by molar-refractivity contribution is 5.93. The van der Waals surface area contributed by atoms with Crippen LogP contribution in [0.2, 0.25) is 0 Å². The van der Waals surface area contributed by atoms with E-state index < -0.39 is 0 Å². The zero-order chi connectivity index (χ0) is 17.6. The first-order valence-corrected chi connectivity index (χ1v) is 8.17. The highest BCUT2D eigenvalue weighted by Gasteiger charge is 2.12. The van der Waals surface area contributed by atoms with Crippen molar-refractivity contribution in [3.8, 4) is 11.5 Å². The molecule has 7 nitrogen and oxygen atoms in total. The molecule has 1 aliphatic heterocycles. The van der Waals surface area contributed by atoms with Crippen LogP contribution >= 0.6 is 0 Å². The third-order valence-corrected chi connectivity index (χ3v) is 3.67. The molecule has 3 rings (SSSR count). The number of carbonyl (C=O) groups excluding carboxylic acids is 1. The summed E-state index contributed by atoms with van der Waals surface area (Å²) in [4.78, 5) is 18.3. The number of benzene rings is 1. The van der Waals surface area contributed by atoms with Crippen LogP contribution < -0.4 is 20.1 Å². The lowest BCUT2D eigenvalue weighted by Gasteiger charge is -2.19. The zero-order valence-corrected chi connectivity index (χ0v) is 14.4. The molecule has 0 saturated heterocycles. The molecule has 0 radical (unpaired) electrons. The van der Waals surface area contributed by atoms with Crippen LogP contribution in [0.4, 0.5) is 11.4 Å². The highest BCUT2D eigenvalue weighted by Crippen LogP contribution is 2.33. The van der Waals surface area contributed by atoms with E-state index in [1.54, 1.807) is 12.3 Å². The van der Waals surface area contributed by atoms with E-state index in [0.29, 0.717) is 31.2 Å². The lowest BCUT2D eigenvalue weighted by molar-refractivity contribution is 0.0946. The van der Waals surface area contributed by atoms with Gasteiger partial charge in [0.2, 0.25) is 0 Å². The van der Waals surface area contributed by atoms with Gasteiger partial charge in [-0.05, 0) is 38.4 Å². The number of hydrogen-bond donors (Lipinski definition) is 2. The van der Waals surface area contributed by atoms with Crippen LogP contribution in [-0.2, 0) is 0 Å². The number of likely N-dealkylation sites (N-methyl/N-ethyl adjacent to an activating group) is 1. The molecule has 0 fully saturated rings. The van der Waals surface area contributed by atoms with Gasteiger partial charge < -0.3 is 25.0 Å². The lowest BCUT2D eigenvalue weighted by Crippen LogP contribution is -2.31. The molecule has 0 aliphatic carbocycles. The van der Waals surface area contributed by atoms with E-state index in [1.807, 2.05) is 43.3 Å². The number of fused-ring (bicyclic) bond motifs is 1. The molecule has 2 heterocycles. The van der Waals surface area contributed by atoms with E-state index in [2.05, 4.69) is 15.6 Å². The van der Waals surface area contributed by atoms with Gasteiger partial charge in [-0.25, -0.2) is 0 Å². The maximum atomic E-state index is 12.2. The number of rotatable bonds is 6. The summed E-state index contributed by atoms with van der Waals surface area (Å²) >= 11 is 0. The second kappa shape index (κ2) is 7.85. The Morgan fingerprint density at radius 2 is 1.88 bits per heavy atom. The first-order chi connectivity index (χ1) is 12.1. The van der Waals surface area contributed by atoms with Gasteiger partial charge in [0.25, 0.3) is 5.91 Å². The van der Waals surface area contributed by atoms with Gasteiger partial charge in [-0.2, -0.15) is 0 Å². The van der Waals surface area contributed by atoms with E-state index >= 15 is 0 Å². The molecule has 1 aromatic heterocycles. The molecule has 0 unspecified atom stereocenters. The van der Waals surface area contributed by atoms with Gasteiger partial charge in [0.15, 0.2) is 11.5 Å². The summed E-state index contributed by atoms with van der Waals surface area (Å²) in [5.74, 6) is 1.27. The van der Waals surface area contributed by atoms with E-state index in [1.165, 1.54) is 0 Å². The van der Waals surface area contributed by atoms with Gasteiger partial charge in [0.1, 0.15) is 18.9 Å². The molecule has 0 spiro atoms. The first kappa shape index (κ1) is 17.0. The molecule has 25 heavy (non-hydrogen) atoms. The molecule has 7 heteroatoms. The summed E-state index contributed by atoms with van der Waals surface area (Å²) in [6.45, 7) is 2.47. The van der Waals surface area contributed by atoms with Crippen molar-refractivity contribution in [2.45, 2.75) is 0 Å². The van der Waals surface area contributed by atoms with Crippen LogP contribution in [-0.4, -0.2) is 56.2 Å². The monoisotopic (exact) mass is 342 g/mol. The number of aromatic nitrogens is 1. The van der Waals surface area contributed by atoms with Crippen molar-refractivity contribution >= 4 is 17.3 Å². The molecular weight excluding hydrogens is 320 g/mol. The Hall–Kier alpha value is -2.80. The predicted molar refractivity (Wildman–Crippen MR) is 95.8 cm³/mol. The van der Waals surface area contributed by atoms with Crippen molar-refractivity contribution in [3.05, 3.63) is 42.2 Å². The Kier molecular flexibility index (Phi) is 5.35. The van der Waals surface area contributed by atoms with Crippen molar-refractivity contribution in [2.75, 3.05) is 45.7 Å². The van der Waals surface area contributed by atoms with E-state index in [0.717, 1.165) is 23.7 Å². The third kappa shape index (κ3) is 4.60. The molecule has 2 N–H and O–H groups in total. The van der Waals surface area contributed by atoms with Crippen LogP contribution in [0.25, 0.3) is 0 Å². The SMILES string of the molecule is CN(C)CCNC(=O)c1cc(Nc2ccc3c(c2)OCCO3)ccn1. The van der Waals surface area contributed by atoms with Gasteiger partial charge >= 0.3 is 0 Å². The van der Waals surface area contributed by atoms with Crippen LogP contribution in [0.15, 0.2) is 36.5 Å². The number of hydrogen-bond acceptors (Lipinski definition) is 6. The van der Waals surface area contributed by atoms with Crippen molar-refractivity contribution in [1.82, 2.24) is 15.2 Å². The fourth-order valence-electron chi connectivity index (χ4n) is 2.40. The minimum atomic E-state index is -0.187. The second-order valence-corrected chi connectivity index (χ2v) is 5.97. The summed E-state index contributed by atoms with van der Waals surface area (Å²) in [5.41, 5.74) is 2.01. The molecule has 0 saturated carbocycles. The van der Waals surface area contributed by atoms with Crippen molar-refractivity contribution in [1.29, 1.82) is 0 Å². The maximum Gasteiger partial charge on any atom is 0.269 e. The number of anilines is 2. The Bertz CT molecular complexity index is 749. The Labute approximate surface area is 147 Å². The van der Waals surface area contributed by atoms with E-state index in [-0.39, 0.29) is 5.91 Å². The molecule has 1 aromatic carbocycles. The van der Waals surface area contributed by atoms with Crippen molar-refractivity contribution in [3.63, 3.8) is 0 Å². The average Bonchev–Trinajstić information content (AvgIpc) is 2.61. The van der Waals surface area contributed by atoms with Gasteiger partial charge in [-0.3, -0.25) is 9.78 Å². The minimum absolute atomic E-state index is 0.187. The number of nitrogens with zero attached hydrogens (tertiary/aromatic N) is 2. The summed E-state index contributed by atoms with van der Waals surface area (Å²) in [7, 11) is 3.92. The molecule has 2 aromatic rings. The molecule has 0 atom stereocenters. The molecular formula is C18H22N4O3. The van der Waals surface area contributed by atoms with E-state index in [4.69, 9.17) is 9.47 Å². The van der Waals surface area contributed by atoms with Gasteiger partial charge in [0.05, 0.1) is 0 Å². The summed E-state index contributed by atoms with van der Waals surface area (Å²) in [6.07, 6.45) is 1.61. The molecule has 132 valence electrons. The highest BCUT2D eigenvalue weighted by atomic mass is 16.6. The van der Waals surface area contributed by atoms with Crippen molar-refractivity contribution in [2.24, 2.45) is 0 Å². The summed E-state index contributed by atoms with van der Waals surface area (Å²) in [6, 6.07) is 9.19. The Balaban J connectivity index is 1.66. The number of nitrogens with one attached hydrogen (secondary N) is 2. The van der Waals surface area contributed by atoms with Crippen LogP contribution in [0.3, 0.4) is 0 Å². The second-order valence-electron chi connectivity index (χ2n) is 5.97. The predicted octanol–water partition coefficient (Wildman–Crippen LogP) is 1.89. The van der Waals surface area contributed by atoms with E-state index in [9.17, 15) is 4.79 Å². The van der Waals surface area contributed by atoms with Gasteiger partial charge in [-0.15, -0.1) is 0 Å². The summed E-state index contributed by atoms with van der Waals surface area (Å²) < 4.78 is 11.1. The molecule has 1 aliphatic rings. The third-order valence-electron chi connectivity index (χ3n) is 3.67. The zero-order valence-electron chi connectivity index (χ0n) is 14.4. The summed E-state index contributed by atoms with van der Waals surface area (Å²) in [5, 5.41) is 6.11. The number of amides is 1. The number of pyridine rings is 1. The standard InChI is InChI=1S/C18H22N4O3/c1-22(2)8-7-20-18(23)15-11-14(5-6-19-15)21-13-3-4-16-17(12-13)25-10-9-24-16/h3-6,11-12H,7-10H2,1-2H3,(H,19,21)(H,20,23). The fraction of sp³-hybridized carbons (Fsp3) is 0.333. The topological polar surface area (TPSA) is 75.7 Å². The normalized spacial score (nSPS) is 12.8. The smallest absolute Gasteiger partial charge is 0.269 e. The largest absolute Gasteiger partial charge is 0.486 e. The molecule has 0 bridgehead atoms. The lowest BCUT2D eigenvalue weighted by atomic mass is 10.2.